The second-order valence-corrected chi connectivity index (χ2v) is 4.88. The summed E-state index contributed by atoms with van der Waals surface area (Å²) in [6.45, 7) is 4.74. The molecular weight excluding hydrogens is 166 g/mol. The van der Waals surface area contributed by atoms with E-state index >= 15 is 0 Å². The first-order chi connectivity index (χ1) is 6.11. The first-order valence-corrected chi connectivity index (χ1v) is 5.08. The standard InChI is InChI=1S/C10H15NO2/c1-10(2)11-8(5-13-10)6-3-4-7(6)9(11)12/h6-8H,3-5H2,1-2H3/t6-,7?,8-/m1/s1. The zero-order valence-electron chi connectivity index (χ0n) is 8.12. The highest BCUT2D eigenvalue weighted by Gasteiger charge is 2.59. The summed E-state index contributed by atoms with van der Waals surface area (Å²) >= 11 is 0. The third-order valence-corrected chi connectivity index (χ3v) is 3.90. The number of fused-ring (bicyclic) bond motifs is 3. The minimum absolute atomic E-state index is 0.337. The summed E-state index contributed by atoms with van der Waals surface area (Å²) in [6, 6.07) is 0.390. The fraction of sp³-hybridized carbons (Fsp3) is 0.900. The Morgan fingerprint density at radius 2 is 2.23 bits per heavy atom. The maximum absolute atomic E-state index is 11.9. The number of rotatable bonds is 0. The predicted octanol–water partition coefficient (Wildman–Crippen LogP) is 0.990. The van der Waals surface area contributed by atoms with E-state index in [4.69, 9.17) is 4.74 Å². The van der Waals surface area contributed by atoms with Crippen molar-refractivity contribution in [1.82, 2.24) is 4.90 Å². The molecule has 2 aliphatic heterocycles. The summed E-state index contributed by atoms with van der Waals surface area (Å²) in [6.07, 6.45) is 2.32. The summed E-state index contributed by atoms with van der Waals surface area (Å²) in [7, 11) is 0. The smallest absolute Gasteiger partial charge is 0.228 e. The highest BCUT2D eigenvalue weighted by atomic mass is 16.5. The van der Waals surface area contributed by atoms with Crippen LogP contribution >= 0.6 is 0 Å². The Balaban J connectivity index is 1.98. The molecule has 0 aromatic heterocycles. The molecule has 2 heterocycles. The summed E-state index contributed by atoms with van der Waals surface area (Å²) in [5.41, 5.74) is -0.348. The SMILES string of the molecule is CC1(C)OC[C@@H]2[C@@H]3CCC3C(=O)N21. The topological polar surface area (TPSA) is 29.5 Å². The van der Waals surface area contributed by atoms with Crippen LogP contribution in [0.2, 0.25) is 0 Å². The molecule has 3 aliphatic rings. The summed E-state index contributed by atoms with van der Waals surface area (Å²) in [4.78, 5) is 13.9. The summed E-state index contributed by atoms with van der Waals surface area (Å²) in [5.74, 6) is 1.28. The zero-order chi connectivity index (χ0) is 9.22. The third kappa shape index (κ3) is 0.766. The van der Waals surface area contributed by atoms with E-state index in [1.165, 1.54) is 6.42 Å². The van der Waals surface area contributed by atoms with Crippen LogP contribution in [-0.4, -0.2) is 29.2 Å². The molecular formula is C10H15NO2. The number of hydrogen-bond donors (Lipinski definition) is 0. The highest BCUT2D eigenvalue weighted by molar-refractivity contribution is 5.84. The Hall–Kier alpha value is -0.570. The van der Waals surface area contributed by atoms with Gasteiger partial charge in [0.15, 0.2) is 0 Å². The average Bonchev–Trinajstić information content (AvgIpc) is 2.32. The van der Waals surface area contributed by atoms with E-state index in [-0.39, 0.29) is 5.72 Å². The quantitative estimate of drug-likeness (QED) is 0.557. The fourth-order valence-electron chi connectivity index (χ4n) is 3.05. The van der Waals surface area contributed by atoms with Crippen LogP contribution < -0.4 is 0 Å². The molecule has 2 saturated heterocycles. The molecule has 1 amide bonds. The molecule has 0 N–H and O–H groups in total. The molecule has 0 aromatic rings. The Morgan fingerprint density at radius 1 is 1.46 bits per heavy atom. The molecule has 1 saturated carbocycles. The van der Waals surface area contributed by atoms with Crippen molar-refractivity contribution in [1.29, 1.82) is 0 Å². The largest absolute Gasteiger partial charge is 0.354 e. The Labute approximate surface area is 78.0 Å². The van der Waals surface area contributed by atoms with Crippen molar-refractivity contribution >= 4 is 5.91 Å². The van der Waals surface area contributed by atoms with Crippen LogP contribution in [0.1, 0.15) is 26.7 Å². The molecule has 0 spiro atoms. The Bertz CT molecular complexity index is 274. The maximum Gasteiger partial charge on any atom is 0.228 e. The van der Waals surface area contributed by atoms with Crippen molar-refractivity contribution in [3.05, 3.63) is 0 Å². The van der Waals surface area contributed by atoms with Crippen molar-refractivity contribution in [3.8, 4) is 0 Å². The first-order valence-electron chi connectivity index (χ1n) is 5.08. The number of carbonyl (C=O) groups is 1. The Morgan fingerprint density at radius 3 is 2.85 bits per heavy atom. The lowest BCUT2D eigenvalue weighted by Crippen LogP contribution is -2.44. The molecule has 0 aromatic carbocycles. The normalized spacial score (nSPS) is 45.8. The van der Waals surface area contributed by atoms with Gasteiger partial charge in [0.05, 0.1) is 12.6 Å². The van der Waals surface area contributed by atoms with Crippen LogP contribution in [0.15, 0.2) is 0 Å². The van der Waals surface area contributed by atoms with Gasteiger partial charge in [-0.2, -0.15) is 0 Å². The van der Waals surface area contributed by atoms with Crippen molar-refractivity contribution in [3.63, 3.8) is 0 Å². The number of amides is 1. The van der Waals surface area contributed by atoms with Crippen molar-refractivity contribution in [2.24, 2.45) is 11.8 Å². The van der Waals surface area contributed by atoms with Gasteiger partial charge in [0.1, 0.15) is 5.72 Å². The van der Waals surface area contributed by atoms with Gasteiger partial charge in [0.2, 0.25) is 5.91 Å². The van der Waals surface area contributed by atoms with Gasteiger partial charge in [-0.1, -0.05) is 0 Å². The van der Waals surface area contributed by atoms with E-state index in [1.54, 1.807) is 0 Å². The van der Waals surface area contributed by atoms with Crippen molar-refractivity contribution in [2.45, 2.75) is 38.5 Å². The molecule has 3 rings (SSSR count). The molecule has 3 atom stereocenters. The lowest BCUT2D eigenvalue weighted by Gasteiger charge is -2.29. The van der Waals surface area contributed by atoms with Gasteiger partial charge in [-0.15, -0.1) is 0 Å². The first kappa shape index (κ1) is 7.80. The second kappa shape index (κ2) is 2.08. The van der Waals surface area contributed by atoms with E-state index in [9.17, 15) is 4.79 Å². The monoisotopic (exact) mass is 181 g/mol. The van der Waals surface area contributed by atoms with Gasteiger partial charge in [-0.25, -0.2) is 0 Å². The molecule has 1 aliphatic carbocycles. The molecule has 3 heteroatoms. The molecule has 72 valence electrons. The lowest BCUT2D eigenvalue weighted by atomic mass is 9.73. The van der Waals surface area contributed by atoms with Crippen LogP contribution in [0.4, 0.5) is 0 Å². The van der Waals surface area contributed by atoms with Gasteiger partial charge in [-0.05, 0) is 32.6 Å². The molecule has 3 fully saturated rings. The number of hydrogen-bond acceptors (Lipinski definition) is 2. The van der Waals surface area contributed by atoms with Gasteiger partial charge in [-0.3, -0.25) is 4.79 Å². The van der Waals surface area contributed by atoms with E-state index in [2.05, 4.69) is 0 Å². The van der Waals surface area contributed by atoms with Crippen LogP contribution in [0.5, 0.6) is 0 Å². The highest BCUT2D eigenvalue weighted by Crippen LogP contribution is 2.50. The van der Waals surface area contributed by atoms with Crippen LogP contribution in [0.25, 0.3) is 0 Å². The number of nitrogens with zero attached hydrogens (tertiary/aromatic N) is 1. The minimum Gasteiger partial charge on any atom is -0.354 e. The lowest BCUT2D eigenvalue weighted by molar-refractivity contribution is -0.146. The van der Waals surface area contributed by atoms with Crippen LogP contribution in [0, 0.1) is 11.8 Å². The molecule has 3 nitrogen and oxygen atoms in total. The second-order valence-electron chi connectivity index (χ2n) is 4.88. The van der Waals surface area contributed by atoms with E-state index in [0.29, 0.717) is 23.8 Å². The van der Waals surface area contributed by atoms with E-state index in [0.717, 1.165) is 13.0 Å². The fourth-order valence-corrected chi connectivity index (χ4v) is 3.05. The molecule has 0 radical (unpaired) electrons. The van der Waals surface area contributed by atoms with Crippen LogP contribution in [0.3, 0.4) is 0 Å². The van der Waals surface area contributed by atoms with Crippen molar-refractivity contribution < 1.29 is 9.53 Å². The zero-order valence-corrected chi connectivity index (χ0v) is 8.12. The third-order valence-electron chi connectivity index (χ3n) is 3.90. The maximum atomic E-state index is 11.9. The Kier molecular flexibility index (Phi) is 1.25. The number of carbonyl (C=O) groups excluding carboxylic acids is 1. The molecule has 13 heavy (non-hydrogen) atoms. The summed E-state index contributed by atoms with van der Waals surface area (Å²) in [5, 5.41) is 0. The summed E-state index contributed by atoms with van der Waals surface area (Å²) < 4.78 is 5.64. The molecule has 0 bridgehead atoms. The molecule has 1 unspecified atom stereocenters. The number of ether oxygens (including phenoxy) is 1. The van der Waals surface area contributed by atoms with Gasteiger partial charge in [0.25, 0.3) is 0 Å². The van der Waals surface area contributed by atoms with Crippen LogP contribution in [-0.2, 0) is 9.53 Å². The van der Waals surface area contributed by atoms with E-state index in [1.807, 2.05) is 18.7 Å². The van der Waals surface area contributed by atoms with Gasteiger partial charge >= 0.3 is 0 Å². The predicted molar refractivity (Wildman–Crippen MR) is 46.9 cm³/mol. The van der Waals surface area contributed by atoms with Gasteiger partial charge < -0.3 is 9.64 Å². The average molecular weight is 181 g/mol. The van der Waals surface area contributed by atoms with Crippen molar-refractivity contribution in [2.75, 3.05) is 6.61 Å². The van der Waals surface area contributed by atoms with Gasteiger partial charge in [0, 0.05) is 5.92 Å². The van der Waals surface area contributed by atoms with E-state index < -0.39 is 0 Å². The minimum atomic E-state index is -0.348.